The van der Waals surface area contributed by atoms with Crippen molar-refractivity contribution in [3.63, 3.8) is 0 Å². The van der Waals surface area contributed by atoms with Crippen molar-refractivity contribution in [1.82, 2.24) is 14.5 Å². The summed E-state index contributed by atoms with van der Waals surface area (Å²) in [5.74, 6) is -0.0900. The van der Waals surface area contributed by atoms with Gasteiger partial charge in [0.1, 0.15) is 22.0 Å². The van der Waals surface area contributed by atoms with Gasteiger partial charge >= 0.3 is 0 Å². The number of nitrogen functional groups attached to an aromatic ring is 1. The number of sulfonamides is 1. The minimum Gasteiger partial charge on any atom is -0.383 e. The van der Waals surface area contributed by atoms with Crippen LogP contribution in [0.3, 0.4) is 0 Å². The third kappa shape index (κ3) is 3.12. The Kier molecular flexibility index (Phi) is 4.36. The van der Waals surface area contributed by atoms with Crippen molar-refractivity contribution in [3.8, 4) is 0 Å². The summed E-state index contributed by atoms with van der Waals surface area (Å²) in [6, 6.07) is 9.48. The van der Waals surface area contributed by atoms with Crippen LogP contribution in [-0.2, 0) is 17.1 Å². The molecule has 4 aromatic rings. The van der Waals surface area contributed by atoms with E-state index < -0.39 is 10.0 Å². The highest BCUT2D eigenvalue weighted by molar-refractivity contribution is 7.94. The van der Waals surface area contributed by atoms with E-state index in [4.69, 9.17) is 5.73 Å². The highest BCUT2D eigenvalue weighted by Gasteiger charge is 2.20. The Balaban J connectivity index is 1.72. The summed E-state index contributed by atoms with van der Waals surface area (Å²) >= 11 is 1.11. The van der Waals surface area contributed by atoms with E-state index in [1.807, 2.05) is 0 Å². The van der Waals surface area contributed by atoms with Gasteiger partial charge in [-0.1, -0.05) is 18.2 Å². The highest BCUT2D eigenvalue weighted by Crippen LogP contribution is 2.27. The molecule has 0 saturated heterocycles. The Morgan fingerprint density at radius 1 is 1.21 bits per heavy atom. The largest absolute Gasteiger partial charge is 0.383 e. The fourth-order valence-corrected chi connectivity index (χ4v) is 4.95. The molecule has 4 rings (SSSR count). The molecular formula is C18H15N5O3S2. The number of rotatable bonds is 5. The quantitative estimate of drug-likeness (QED) is 0.485. The molecule has 0 atom stereocenters. The van der Waals surface area contributed by atoms with Crippen LogP contribution in [0.25, 0.3) is 11.0 Å². The molecule has 0 amide bonds. The van der Waals surface area contributed by atoms with Crippen LogP contribution in [0.5, 0.6) is 0 Å². The second-order valence-corrected chi connectivity index (χ2v) is 8.92. The molecule has 0 aliphatic rings. The lowest BCUT2D eigenvalue weighted by molar-refractivity contribution is 0.104. The molecule has 142 valence electrons. The number of aryl methyl sites for hydroxylation is 1. The van der Waals surface area contributed by atoms with Gasteiger partial charge in [0.15, 0.2) is 5.78 Å². The van der Waals surface area contributed by atoms with Gasteiger partial charge in [0.25, 0.3) is 10.0 Å². The monoisotopic (exact) mass is 413 g/mol. The van der Waals surface area contributed by atoms with Crippen LogP contribution in [0.1, 0.15) is 15.9 Å². The predicted molar refractivity (Wildman–Crippen MR) is 108 cm³/mol. The molecule has 3 aromatic heterocycles. The zero-order chi connectivity index (χ0) is 19.9. The third-order valence-electron chi connectivity index (χ3n) is 4.16. The molecule has 0 saturated carbocycles. The van der Waals surface area contributed by atoms with Gasteiger partial charge in [0.2, 0.25) is 0 Å². The van der Waals surface area contributed by atoms with Crippen molar-refractivity contribution in [1.29, 1.82) is 0 Å². The average molecular weight is 413 g/mol. The second-order valence-electron chi connectivity index (χ2n) is 6.06. The number of nitrogens with zero attached hydrogens (tertiary/aromatic N) is 3. The number of anilines is 2. The number of carbonyl (C=O) groups excluding carboxylic acids is 1. The summed E-state index contributed by atoms with van der Waals surface area (Å²) in [7, 11) is -1.94. The Hall–Kier alpha value is -3.24. The molecule has 0 aliphatic heterocycles. The second kappa shape index (κ2) is 6.73. The Morgan fingerprint density at radius 2 is 2.04 bits per heavy atom. The smallest absolute Gasteiger partial charge is 0.271 e. The van der Waals surface area contributed by atoms with E-state index in [1.165, 1.54) is 18.5 Å². The van der Waals surface area contributed by atoms with Crippen LogP contribution in [0.15, 0.2) is 58.5 Å². The van der Waals surface area contributed by atoms with Gasteiger partial charge in [0.05, 0.1) is 10.9 Å². The van der Waals surface area contributed by atoms with Crippen molar-refractivity contribution in [2.24, 2.45) is 7.05 Å². The van der Waals surface area contributed by atoms with Crippen LogP contribution in [0.2, 0.25) is 0 Å². The van der Waals surface area contributed by atoms with Crippen molar-refractivity contribution >= 4 is 49.7 Å². The zero-order valence-corrected chi connectivity index (χ0v) is 16.3. The fourth-order valence-electron chi connectivity index (χ4n) is 2.91. The summed E-state index contributed by atoms with van der Waals surface area (Å²) in [4.78, 5) is 21.2. The molecule has 0 radical (unpaired) electrons. The van der Waals surface area contributed by atoms with Crippen molar-refractivity contribution in [2.45, 2.75) is 4.21 Å². The lowest BCUT2D eigenvalue weighted by Crippen LogP contribution is -2.12. The molecule has 10 heteroatoms. The average Bonchev–Trinajstić information content (AvgIpc) is 3.31. The number of nitrogens with two attached hydrogens (primary N) is 1. The fraction of sp³-hybridized carbons (Fsp3) is 0.0556. The van der Waals surface area contributed by atoms with E-state index in [0.29, 0.717) is 27.8 Å². The summed E-state index contributed by atoms with van der Waals surface area (Å²) in [6.45, 7) is 0. The van der Waals surface area contributed by atoms with Crippen LogP contribution in [-0.4, -0.2) is 28.7 Å². The number of hydrogen-bond acceptors (Lipinski definition) is 7. The normalized spacial score (nSPS) is 11.6. The van der Waals surface area contributed by atoms with E-state index in [2.05, 4.69) is 14.7 Å². The molecular weight excluding hydrogens is 398 g/mol. The van der Waals surface area contributed by atoms with E-state index >= 15 is 0 Å². The maximum absolute atomic E-state index is 13.1. The summed E-state index contributed by atoms with van der Waals surface area (Å²) in [5, 5.41) is 2.15. The van der Waals surface area contributed by atoms with Crippen molar-refractivity contribution in [3.05, 3.63) is 65.4 Å². The zero-order valence-electron chi connectivity index (χ0n) is 14.7. The Labute approximate surface area is 164 Å². The predicted octanol–water partition coefficient (Wildman–Crippen LogP) is 2.64. The summed E-state index contributed by atoms with van der Waals surface area (Å²) in [5.41, 5.74) is 7.47. The molecule has 0 unspecified atom stereocenters. The number of ketones is 1. The molecule has 3 heterocycles. The molecule has 0 bridgehead atoms. The first-order valence-electron chi connectivity index (χ1n) is 8.13. The van der Waals surface area contributed by atoms with Crippen molar-refractivity contribution in [2.75, 3.05) is 10.5 Å². The molecule has 8 nitrogen and oxygen atoms in total. The minimum atomic E-state index is -3.70. The van der Waals surface area contributed by atoms with Gasteiger partial charge in [-0.15, -0.1) is 11.3 Å². The lowest BCUT2D eigenvalue weighted by atomic mass is 10.0. The number of fused-ring (bicyclic) bond motifs is 1. The first-order chi connectivity index (χ1) is 13.4. The van der Waals surface area contributed by atoms with Gasteiger partial charge < -0.3 is 10.3 Å². The Morgan fingerprint density at radius 3 is 2.79 bits per heavy atom. The van der Waals surface area contributed by atoms with Crippen LogP contribution < -0.4 is 10.5 Å². The van der Waals surface area contributed by atoms with Gasteiger partial charge in [-0.2, -0.15) is 0 Å². The number of hydrogen-bond donors (Lipinski definition) is 2. The first kappa shape index (κ1) is 18.1. The number of thiophene rings is 1. The number of aromatic nitrogens is 3. The maximum atomic E-state index is 13.1. The van der Waals surface area contributed by atoms with Gasteiger partial charge in [0, 0.05) is 24.5 Å². The molecule has 1 aromatic carbocycles. The third-order valence-corrected chi connectivity index (χ3v) is 6.94. The molecule has 0 spiro atoms. The number of carbonyl (C=O) groups is 1. The minimum absolute atomic E-state index is 0.197. The first-order valence-corrected chi connectivity index (χ1v) is 10.5. The van der Waals surface area contributed by atoms with Gasteiger partial charge in [-0.25, -0.2) is 18.4 Å². The molecule has 0 fully saturated rings. The Bertz CT molecular complexity index is 1290. The van der Waals surface area contributed by atoms with Gasteiger partial charge in [-0.05, 0) is 23.6 Å². The molecule has 28 heavy (non-hydrogen) atoms. The summed E-state index contributed by atoms with van der Waals surface area (Å²) in [6.07, 6.45) is 2.98. The van der Waals surface area contributed by atoms with Crippen LogP contribution in [0, 0.1) is 0 Å². The van der Waals surface area contributed by atoms with Crippen LogP contribution >= 0.6 is 11.3 Å². The molecule has 0 aliphatic carbocycles. The lowest BCUT2D eigenvalue weighted by Gasteiger charge is -2.08. The van der Waals surface area contributed by atoms with E-state index in [9.17, 15) is 13.2 Å². The topological polar surface area (TPSA) is 120 Å². The molecule has 3 N–H and O–H groups in total. The van der Waals surface area contributed by atoms with Gasteiger partial charge in [-0.3, -0.25) is 9.52 Å². The van der Waals surface area contributed by atoms with E-state index in [0.717, 1.165) is 11.3 Å². The van der Waals surface area contributed by atoms with E-state index in [-0.39, 0.29) is 15.8 Å². The maximum Gasteiger partial charge on any atom is 0.271 e. The standard InChI is InChI=1S/C18H15N5O3S2/c1-23-9-13(15-17(19)20-10-21-18(15)23)16(24)11-4-2-5-12(8-11)22-28(25,26)14-6-3-7-27-14/h2-10,22H,1H3,(H2,19,20,21). The van der Waals surface area contributed by atoms with Crippen LogP contribution in [0.4, 0.5) is 11.5 Å². The number of nitrogens with one attached hydrogen (secondary N) is 1. The van der Waals surface area contributed by atoms with Crippen molar-refractivity contribution < 1.29 is 13.2 Å². The van der Waals surface area contributed by atoms with E-state index in [1.54, 1.807) is 47.5 Å². The SMILES string of the molecule is Cn1cc(C(=O)c2cccc(NS(=O)(=O)c3cccs3)c2)c2c(N)ncnc21. The highest BCUT2D eigenvalue weighted by atomic mass is 32.2. The number of benzene rings is 1. The summed E-state index contributed by atoms with van der Waals surface area (Å²) < 4.78 is 29.2.